The molecular formula is C15H18. The first kappa shape index (κ1) is 11.6. The normalized spacial score (nSPS) is 9.40. The van der Waals surface area contributed by atoms with E-state index in [0.29, 0.717) is 0 Å². The SMILES string of the molecule is C=C(C)C#Cc1c(C)c(C)cc(C)c1C. The molecule has 0 aliphatic rings. The van der Waals surface area contributed by atoms with Gasteiger partial charge in [-0.1, -0.05) is 24.5 Å². The summed E-state index contributed by atoms with van der Waals surface area (Å²) >= 11 is 0. The van der Waals surface area contributed by atoms with E-state index in [4.69, 9.17) is 0 Å². The fourth-order valence-electron chi connectivity index (χ4n) is 1.57. The molecule has 0 atom stereocenters. The molecule has 0 nitrogen and oxygen atoms in total. The van der Waals surface area contributed by atoms with Gasteiger partial charge in [-0.05, 0) is 62.4 Å². The lowest BCUT2D eigenvalue weighted by Gasteiger charge is -2.10. The second kappa shape index (κ2) is 4.36. The van der Waals surface area contributed by atoms with E-state index < -0.39 is 0 Å². The van der Waals surface area contributed by atoms with Gasteiger partial charge >= 0.3 is 0 Å². The lowest BCUT2D eigenvalue weighted by molar-refractivity contribution is 1.22. The number of hydrogen-bond donors (Lipinski definition) is 0. The zero-order valence-electron chi connectivity index (χ0n) is 10.3. The number of benzene rings is 1. The Morgan fingerprint density at radius 1 is 1.07 bits per heavy atom. The Balaban J connectivity index is 3.42. The Bertz CT molecular complexity index is 439. The Hall–Kier alpha value is -1.48. The van der Waals surface area contributed by atoms with Crippen LogP contribution < -0.4 is 0 Å². The van der Waals surface area contributed by atoms with Crippen LogP contribution in [0.25, 0.3) is 0 Å². The van der Waals surface area contributed by atoms with Gasteiger partial charge in [0, 0.05) is 5.56 Å². The van der Waals surface area contributed by atoms with Crippen LogP contribution in [0.15, 0.2) is 18.2 Å². The molecule has 0 heterocycles. The van der Waals surface area contributed by atoms with Crippen LogP contribution in [-0.2, 0) is 0 Å². The highest BCUT2D eigenvalue weighted by Gasteiger charge is 2.05. The third kappa shape index (κ3) is 2.50. The average molecular weight is 198 g/mol. The molecule has 0 amide bonds. The zero-order valence-corrected chi connectivity index (χ0v) is 10.3. The van der Waals surface area contributed by atoms with E-state index in [9.17, 15) is 0 Å². The summed E-state index contributed by atoms with van der Waals surface area (Å²) in [4.78, 5) is 0. The van der Waals surface area contributed by atoms with E-state index in [1.165, 1.54) is 22.3 Å². The number of allylic oxidation sites excluding steroid dienone is 1. The van der Waals surface area contributed by atoms with Crippen molar-refractivity contribution < 1.29 is 0 Å². The molecule has 15 heavy (non-hydrogen) atoms. The summed E-state index contributed by atoms with van der Waals surface area (Å²) in [5.74, 6) is 6.27. The summed E-state index contributed by atoms with van der Waals surface area (Å²) in [6.45, 7) is 14.3. The van der Waals surface area contributed by atoms with Crippen LogP contribution in [0.2, 0.25) is 0 Å². The number of rotatable bonds is 0. The van der Waals surface area contributed by atoms with Gasteiger partial charge < -0.3 is 0 Å². The lowest BCUT2D eigenvalue weighted by Crippen LogP contribution is -1.95. The van der Waals surface area contributed by atoms with Crippen molar-refractivity contribution in [2.75, 3.05) is 0 Å². The molecule has 0 unspecified atom stereocenters. The molecule has 1 aromatic carbocycles. The van der Waals surface area contributed by atoms with Crippen molar-refractivity contribution in [3.63, 3.8) is 0 Å². The van der Waals surface area contributed by atoms with Crippen LogP contribution in [-0.4, -0.2) is 0 Å². The fraction of sp³-hybridized carbons (Fsp3) is 0.333. The van der Waals surface area contributed by atoms with Gasteiger partial charge in [-0.25, -0.2) is 0 Å². The zero-order chi connectivity index (χ0) is 11.6. The Morgan fingerprint density at radius 2 is 1.53 bits per heavy atom. The standard InChI is InChI=1S/C15H18/c1-10(2)7-8-15-13(5)11(3)9-12(4)14(15)6/h9H,1H2,2-6H3. The molecule has 0 aromatic heterocycles. The van der Waals surface area contributed by atoms with Crippen molar-refractivity contribution in [2.24, 2.45) is 0 Å². The topological polar surface area (TPSA) is 0 Å². The van der Waals surface area contributed by atoms with Crippen LogP contribution in [0.3, 0.4) is 0 Å². The Morgan fingerprint density at radius 3 is 1.93 bits per heavy atom. The Labute approximate surface area is 93.0 Å². The summed E-state index contributed by atoms with van der Waals surface area (Å²) in [5, 5.41) is 0. The maximum Gasteiger partial charge on any atom is 0.0312 e. The number of aryl methyl sites for hydroxylation is 2. The van der Waals surface area contributed by atoms with E-state index >= 15 is 0 Å². The number of hydrogen-bond acceptors (Lipinski definition) is 0. The van der Waals surface area contributed by atoms with Gasteiger partial charge in [-0.3, -0.25) is 0 Å². The molecule has 0 aliphatic carbocycles. The summed E-state index contributed by atoms with van der Waals surface area (Å²) < 4.78 is 0. The smallest absolute Gasteiger partial charge is 0.0312 e. The quantitative estimate of drug-likeness (QED) is 0.555. The highest BCUT2D eigenvalue weighted by atomic mass is 14.1. The summed E-state index contributed by atoms with van der Waals surface area (Å²) in [5.41, 5.74) is 7.26. The molecule has 0 N–H and O–H groups in total. The summed E-state index contributed by atoms with van der Waals surface area (Å²) in [7, 11) is 0. The second-order valence-corrected chi connectivity index (χ2v) is 4.17. The largest absolute Gasteiger partial charge is 0.0877 e. The van der Waals surface area contributed by atoms with Gasteiger partial charge in [0.25, 0.3) is 0 Å². The third-order valence-corrected chi connectivity index (χ3v) is 2.77. The molecule has 0 heteroatoms. The Kier molecular flexibility index (Phi) is 3.37. The maximum absolute atomic E-state index is 3.80. The highest BCUT2D eigenvalue weighted by Crippen LogP contribution is 2.20. The molecule has 0 aliphatic heterocycles. The molecule has 0 bridgehead atoms. The van der Waals surface area contributed by atoms with Crippen molar-refractivity contribution in [1.82, 2.24) is 0 Å². The van der Waals surface area contributed by atoms with Gasteiger partial charge in [0.15, 0.2) is 0 Å². The molecule has 0 saturated carbocycles. The van der Waals surface area contributed by atoms with Crippen LogP contribution in [0.4, 0.5) is 0 Å². The average Bonchev–Trinajstić information content (AvgIpc) is 2.14. The minimum absolute atomic E-state index is 0.910. The van der Waals surface area contributed by atoms with Crippen molar-refractivity contribution in [2.45, 2.75) is 34.6 Å². The molecular weight excluding hydrogens is 180 g/mol. The van der Waals surface area contributed by atoms with E-state index in [1.54, 1.807) is 0 Å². The molecule has 1 rings (SSSR count). The lowest BCUT2D eigenvalue weighted by atomic mass is 9.94. The first-order valence-electron chi connectivity index (χ1n) is 5.18. The second-order valence-electron chi connectivity index (χ2n) is 4.17. The van der Waals surface area contributed by atoms with Crippen molar-refractivity contribution in [3.05, 3.63) is 46.0 Å². The van der Waals surface area contributed by atoms with E-state index in [0.717, 1.165) is 11.1 Å². The summed E-state index contributed by atoms with van der Waals surface area (Å²) in [6.07, 6.45) is 0. The monoisotopic (exact) mass is 198 g/mol. The van der Waals surface area contributed by atoms with Crippen LogP contribution in [0.1, 0.15) is 34.7 Å². The molecule has 0 saturated heterocycles. The predicted octanol–water partition coefficient (Wildman–Crippen LogP) is 3.85. The van der Waals surface area contributed by atoms with Gasteiger partial charge in [0.1, 0.15) is 0 Å². The van der Waals surface area contributed by atoms with Crippen LogP contribution >= 0.6 is 0 Å². The molecule has 1 aromatic rings. The molecule has 0 fully saturated rings. The first-order valence-corrected chi connectivity index (χ1v) is 5.18. The summed E-state index contributed by atoms with van der Waals surface area (Å²) in [6, 6.07) is 2.22. The van der Waals surface area contributed by atoms with Crippen LogP contribution in [0, 0.1) is 39.5 Å². The highest BCUT2D eigenvalue weighted by molar-refractivity contribution is 5.54. The fourth-order valence-corrected chi connectivity index (χ4v) is 1.57. The molecule has 0 spiro atoms. The van der Waals surface area contributed by atoms with E-state index in [-0.39, 0.29) is 0 Å². The molecule has 0 radical (unpaired) electrons. The van der Waals surface area contributed by atoms with Crippen LogP contribution in [0.5, 0.6) is 0 Å². The van der Waals surface area contributed by atoms with Gasteiger partial charge in [-0.2, -0.15) is 0 Å². The van der Waals surface area contributed by atoms with Gasteiger partial charge in [0.05, 0.1) is 0 Å². The van der Waals surface area contributed by atoms with Crippen molar-refractivity contribution >= 4 is 0 Å². The van der Waals surface area contributed by atoms with Crippen molar-refractivity contribution in [1.29, 1.82) is 0 Å². The molecule has 78 valence electrons. The maximum atomic E-state index is 3.80. The van der Waals surface area contributed by atoms with Gasteiger partial charge in [0.2, 0.25) is 0 Å². The van der Waals surface area contributed by atoms with E-state index in [2.05, 4.69) is 52.2 Å². The van der Waals surface area contributed by atoms with Crippen molar-refractivity contribution in [3.8, 4) is 11.8 Å². The minimum atomic E-state index is 0.910. The first-order chi connectivity index (χ1) is 6.93. The van der Waals surface area contributed by atoms with E-state index in [1.807, 2.05) is 6.92 Å². The third-order valence-electron chi connectivity index (χ3n) is 2.77. The minimum Gasteiger partial charge on any atom is -0.0877 e. The van der Waals surface area contributed by atoms with Gasteiger partial charge in [-0.15, -0.1) is 0 Å². The predicted molar refractivity (Wildman–Crippen MR) is 67.1 cm³/mol.